The van der Waals surface area contributed by atoms with Crippen LogP contribution in [0.15, 0.2) is 42.5 Å². The lowest BCUT2D eigenvalue weighted by atomic mass is 9.97. The maximum absolute atomic E-state index is 12.3. The third-order valence-electron chi connectivity index (χ3n) is 5.13. The third kappa shape index (κ3) is 9.69. The van der Waals surface area contributed by atoms with E-state index in [-0.39, 0.29) is 18.6 Å². The summed E-state index contributed by atoms with van der Waals surface area (Å²) in [6, 6.07) is 13.1. The van der Waals surface area contributed by atoms with Crippen molar-refractivity contribution in [1.29, 1.82) is 0 Å². The van der Waals surface area contributed by atoms with E-state index in [1.165, 1.54) is 11.1 Å². The van der Waals surface area contributed by atoms with Gasteiger partial charge in [0.05, 0.1) is 17.7 Å². The molecule has 186 valence electrons. The van der Waals surface area contributed by atoms with Gasteiger partial charge in [-0.2, -0.15) is 0 Å². The molecule has 7 nitrogen and oxygen atoms in total. The normalized spacial score (nSPS) is 12.5. The Morgan fingerprint density at radius 2 is 1.65 bits per heavy atom. The molecule has 0 heterocycles. The molecule has 0 aromatic heterocycles. The predicted molar refractivity (Wildman–Crippen MR) is 141 cm³/mol. The topological polar surface area (TPSA) is 96.5 Å². The molecule has 0 aliphatic rings. The van der Waals surface area contributed by atoms with Crippen LogP contribution in [0.4, 0.5) is 5.69 Å². The van der Waals surface area contributed by atoms with E-state index in [0.717, 1.165) is 17.4 Å². The number of carbonyl (C=O) groups is 1. The van der Waals surface area contributed by atoms with Crippen molar-refractivity contribution in [2.75, 3.05) is 17.6 Å². The Morgan fingerprint density at radius 3 is 2.21 bits per heavy atom. The minimum absolute atomic E-state index is 0.191. The van der Waals surface area contributed by atoms with Crippen molar-refractivity contribution in [3.63, 3.8) is 0 Å². The molecule has 0 radical (unpaired) electrons. The zero-order chi connectivity index (χ0) is 25.5. The van der Waals surface area contributed by atoms with E-state index >= 15 is 0 Å². The second-order valence-electron chi connectivity index (χ2n) is 9.57. The molecule has 0 aliphatic heterocycles. The Hall–Kier alpha value is -2.65. The number of ether oxygens (including phenoxy) is 1. The maximum atomic E-state index is 12.3. The highest BCUT2D eigenvalue weighted by molar-refractivity contribution is 7.92. The number of sulfonamides is 1. The molecule has 0 saturated heterocycles. The van der Waals surface area contributed by atoms with E-state index in [9.17, 15) is 13.2 Å². The average molecular weight is 506 g/mol. The molecule has 2 aromatic rings. The van der Waals surface area contributed by atoms with Crippen LogP contribution in [-0.2, 0) is 32.5 Å². The lowest BCUT2D eigenvalue weighted by Crippen LogP contribution is -2.45. The molecule has 1 atom stereocenters. The van der Waals surface area contributed by atoms with Gasteiger partial charge in [-0.3, -0.25) is 9.52 Å². The van der Waals surface area contributed by atoms with E-state index in [1.807, 2.05) is 32.9 Å². The van der Waals surface area contributed by atoms with E-state index in [4.69, 9.17) is 17.0 Å². The monoisotopic (exact) mass is 505 g/mol. The highest BCUT2D eigenvalue weighted by atomic mass is 32.2. The highest BCUT2D eigenvalue weighted by Gasteiger charge is 2.24. The Labute approximate surface area is 208 Å². The predicted octanol–water partition coefficient (Wildman–Crippen LogP) is 3.84. The van der Waals surface area contributed by atoms with Gasteiger partial charge in [0.1, 0.15) is 6.61 Å². The first-order valence-corrected chi connectivity index (χ1v) is 13.4. The Kier molecular flexibility index (Phi) is 9.46. The molecule has 0 amide bonds. The number of hydrogen-bond donors (Lipinski definition) is 3. The van der Waals surface area contributed by atoms with Crippen LogP contribution in [0.25, 0.3) is 0 Å². The van der Waals surface area contributed by atoms with Crippen LogP contribution in [0.3, 0.4) is 0 Å². The van der Waals surface area contributed by atoms with Gasteiger partial charge in [-0.05, 0) is 87.6 Å². The van der Waals surface area contributed by atoms with E-state index in [1.54, 1.807) is 12.1 Å². The Morgan fingerprint density at radius 1 is 1.03 bits per heavy atom. The highest BCUT2D eigenvalue weighted by Crippen LogP contribution is 2.17. The summed E-state index contributed by atoms with van der Waals surface area (Å²) >= 11 is 5.49. The number of hydrogen-bond acceptors (Lipinski definition) is 5. The van der Waals surface area contributed by atoms with E-state index in [2.05, 4.69) is 47.4 Å². The second kappa shape index (κ2) is 11.7. The van der Waals surface area contributed by atoms with Crippen molar-refractivity contribution in [1.82, 2.24) is 10.6 Å². The van der Waals surface area contributed by atoms with Crippen LogP contribution < -0.4 is 15.4 Å². The molecule has 2 aromatic carbocycles. The summed E-state index contributed by atoms with van der Waals surface area (Å²) in [5.41, 5.74) is 4.42. The third-order valence-corrected chi connectivity index (χ3v) is 6.00. The summed E-state index contributed by atoms with van der Waals surface area (Å²) in [6.07, 6.45) is 1.76. The fraction of sp³-hybridized carbons (Fsp3) is 0.440. The maximum Gasteiger partial charge on any atom is 0.311 e. The van der Waals surface area contributed by atoms with Gasteiger partial charge in [-0.25, -0.2) is 8.42 Å². The van der Waals surface area contributed by atoms with Crippen molar-refractivity contribution in [2.24, 2.45) is 5.41 Å². The number of aryl methyl sites for hydroxylation is 2. The van der Waals surface area contributed by atoms with Crippen LogP contribution in [0.2, 0.25) is 0 Å². The molecule has 0 bridgehead atoms. The second-order valence-corrected chi connectivity index (χ2v) is 11.7. The van der Waals surface area contributed by atoms with Gasteiger partial charge in [0.2, 0.25) is 10.0 Å². The number of rotatable bonds is 9. The molecule has 0 aliphatic carbocycles. The summed E-state index contributed by atoms with van der Waals surface area (Å²) in [5.74, 6) is -0.263. The number of anilines is 1. The van der Waals surface area contributed by atoms with Gasteiger partial charge >= 0.3 is 5.97 Å². The van der Waals surface area contributed by atoms with Crippen molar-refractivity contribution in [2.45, 2.75) is 53.6 Å². The van der Waals surface area contributed by atoms with Gasteiger partial charge in [-0.15, -0.1) is 0 Å². The summed E-state index contributed by atoms with van der Waals surface area (Å²) in [5, 5.41) is 6.88. The van der Waals surface area contributed by atoms with Crippen LogP contribution in [0, 0.1) is 19.3 Å². The van der Waals surface area contributed by atoms with Crippen molar-refractivity contribution < 1.29 is 17.9 Å². The minimum atomic E-state index is -3.31. The van der Waals surface area contributed by atoms with Crippen LogP contribution >= 0.6 is 12.2 Å². The number of thiocarbonyl (C=S) groups is 1. The Balaban J connectivity index is 2.00. The quantitative estimate of drug-likeness (QED) is 0.352. The standard InChI is InChI=1S/C25H35N3O4S2/c1-17-7-8-20(13-18(17)2)14-22(16-32-23(29)25(3,4)5)27-24(33)26-15-19-9-11-21(12-10-19)28-34(6,30)31/h7-13,22,28H,14-16H2,1-6H3,(H2,26,27,33). The average Bonchev–Trinajstić information content (AvgIpc) is 2.72. The first-order chi connectivity index (χ1) is 15.7. The number of esters is 1. The summed E-state index contributed by atoms with van der Waals surface area (Å²) < 4.78 is 30.7. The lowest BCUT2D eigenvalue weighted by molar-refractivity contribution is -0.153. The molecule has 0 spiro atoms. The minimum Gasteiger partial charge on any atom is -0.463 e. The van der Waals surface area contributed by atoms with Crippen LogP contribution in [0.5, 0.6) is 0 Å². The van der Waals surface area contributed by atoms with Crippen molar-refractivity contribution in [3.8, 4) is 0 Å². The smallest absolute Gasteiger partial charge is 0.311 e. The van der Waals surface area contributed by atoms with E-state index < -0.39 is 15.4 Å². The fourth-order valence-corrected chi connectivity index (χ4v) is 3.89. The van der Waals surface area contributed by atoms with Crippen molar-refractivity contribution >= 4 is 39.0 Å². The molecular weight excluding hydrogens is 470 g/mol. The molecule has 2 rings (SSSR count). The fourth-order valence-electron chi connectivity index (χ4n) is 3.08. The van der Waals surface area contributed by atoms with Crippen LogP contribution in [0.1, 0.15) is 43.0 Å². The largest absolute Gasteiger partial charge is 0.463 e. The van der Waals surface area contributed by atoms with E-state index in [0.29, 0.717) is 23.8 Å². The molecule has 0 saturated carbocycles. The van der Waals surface area contributed by atoms with Gasteiger partial charge in [-0.1, -0.05) is 30.3 Å². The van der Waals surface area contributed by atoms with Crippen LogP contribution in [-0.4, -0.2) is 38.4 Å². The molecule has 34 heavy (non-hydrogen) atoms. The lowest BCUT2D eigenvalue weighted by Gasteiger charge is -2.24. The van der Waals surface area contributed by atoms with Gasteiger partial charge in [0.15, 0.2) is 5.11 Å². The van der Waals surface area contributed by atoms with Gasteiger partial charge < -0.3 is 15.4 Å². The molecule has 1 unspecified atom stereocenters. The number of nitrogens with one attached hydrogen (secondary N) is 3. The first-order valence-electron chi connectivity index (χ1n) is 11.1. The molecule has 9 heteroatoms. The summed E-state index contributed by atoms with van der Waals surface area (Å²) in [7, 11) is -3.31. The number of carbonyl (C=O) groups excluding carboxylic acids is 1. The zero-order valence-electron chi connectivity index (χ0n) is 20.7. The van der Waals surface area contributed by atoms with Gasteiger partial charge in [0, 0.05) is 12.2 Å². The first kappa shape index (κ1) is 27.6. The molecule has 0 fully saturated rings. The summed E-state index contributed by atoms with van der Waals surface area (Å²) in [6.45, 7) is 10.3. The van der Waals surface area contributed by atoms with Crippen molar-refractivity contribution in [3.05, 3.63) is 64.7 Å². The molecule has 3 N–H and O–H groups in total. The zero-order valence-corrected chi connectivity index (χ0v) is 22.3. The van der Waals surface area contributed by atoms with Gasteiger partial charge in [0.25, 0.3) is 0 Å². The SMILES string of the molecule is Cc1ccc(CC(COC(=O)C(C)(C)C)NC(=S)NCc2ccc(NS(C)(=O)=O)cc2)cc1C. The Bertz CT molecular complexity index is 1110. The summed E-state index contributed by atoms with van der Waals surface area (Å²) in [4.78, 5) is 12.3. The molecular formula is C25H35N3O4S2. The number of benzene rings is 2.